The Kier molecular flexibility index (Phi) is 4.54. The van der Waals surface area contributed by atoms with Crippen molar-refractivity contribution in [3.8, 4) is 0 Å². The summed E-state index contributed by atoms with van der Waals surface area (Å²) in [5.41, 5.74) is -0.533. The second-order valence-electron chi connectivity index (χ2n) is 5.85. The lowest BCUT2D eigenvalue weighted by Crippen LogP contribution is -2.54. The lowest BCUT2D eigenvalue weighted by atomic mass is 9.82. The van der Waals surface area contributed by atoms with Gasteiger partial charge >= 0.3 is 6.09 Å². The van der Waals surface area contributed by atoms with Crippen molar-refractivity contribution in [3.05, 3.63) is 0 Å². The Morgan fingerprint density at radius 1 is 1.29 bits per heavy atom. The van der Waals surface area contributed by atoms with E-state index in [9.17, 15) is 14.7 Å². The summed E-state index contributed by atoms with van der Waals surface area (Å²) in [4.78, 5) is 24.0. The van der Waals surface area contributed by atoms with Gasteiger partial charge in [-0.05, 0) is 39.5 Å². The summed E-state index contributed by atoms with van der Waals surface area (Å²) in [6.45, 7) is 5.50. The average Bonchev–Trinajstić information content (AvgIpc) is 2.24. The first-order valence-electron chi connectivity index (χ1n) is 6.35. The second kappa shape index (κ2) is 5.52. The maximum Gasteiger partial charge on any atom is 0.408 e. The van der Waals surface area contributed by atoms with Crippen LogP contribution < -0.4 is 0 Å². The summed E-state index contributed by atoms with van der Waals surface area (Å²) in [5.74, 6) is 0.191. The van der Waals surface area contributed by atoms with Crippen molar-refractivity contribution in [2.45, 2.75) is 64.5 Å². The van der Waals surface area contributed by atoms with Crippen LogP contribution in [0, 0.1) is 5.92 Å². The van der Waals surface area contributed by atoms with Crippen LogP contribution in [-0.4, -0.2) is 34.0 Å². The quantitative estimate of drug-likeness (QED) is 0.773. The molecule has 0 aromatic heterocycles. The maximum absolute atomic E-state index is 11.4. The largest absolute Gasteiger partial charge is 0.465 e. The third-order valence-corrected chi connectivity index (χ3v) is 3.50. The summed E-state index contributed by atoms with van der Waals surface area (Å²) >= 11 is 0. The second-order valence-corrected chi connectivity index (χ2v) is 5.85. The van der Waals surface area contributed by atoms with Gasteiger partial charge in [0.05, 0.1) is 6.04 Å². The molecule has 1 aliphatic carbocycles. The number of aldehydes is 1. The molecule has 0 aromatic carbocycles. The van der Waals surface area contributed by atoms with Crippen molar-refractivity contribution in [1.82, 2.24) is 4.90 Å². The van der Waals surface area contributed by atoms with Crippen LogP contribution >= 0.6 is 0 Å². The summed E-state index contributed by atoms with van der Waals surface area (Å²) < 4.78 is 0. The number of nitrogens with zero attached hydrogens (tertiary/aromatic N) is 1. The van der Waals surface area contributed by atoms with Crippen LogP contribution in [0.2, 0.25) is 0 Å². The van der Waals surface area contributed by atoms with E-state index in [2.05, 4.69) is 0 Å². The highest BCUT2D eigenvalue weighted by Gasteiger charge is 2.37. The number of carboxylic acid groups (broad SMARTS) is 1. The topological polar surface area (TPSA) is 57.6 Å². The molecule has 1 rings (SSSR count). The summed E-state index contributed by atoms with van der Waals surface area (Å²) in [7, 11) is 0. The molecule has 0 bridgehead atoms. The van der Waals surface area contributed by atoms with E-state index < -0.39 is 17.7 Å². The smallest absolute Gasteiger partial charge is 0.408 e. The molecule has 4 nitrogen and oxygen atoms in total. The van der Waals surface area contributed by atoms with E-state index in [1.165, 1.54) is 11.3 Å². The fourth-order valence-corrected chi connectivity index (χ4v) is 2.72. The minimum absolute atomic E-state index is 0.191. The van der Waals surface area contributed by atoms with E-state index in [1.54, 1.807) is 0 Å². The fourth-order valence-electron chi connectivity index (χ4n) is 2.72. The van der Waals surface area contributed by atoms with Crippen molar-refractivity contribution in [2.75, 3.05) is 0 Å². The predicted octanol–water partition coefficient (Wildman–Crippen LogP) is 2.91. The zero-order valence-electron chi connectivity index (χ0n) is 11.0. The number of hydrogen-bond acceptors (Lipinski definition) is 2. The number of amides is 1. The van der Waals surface area contributed by atoms with Gasteiger partial charge in [-0.3, -0.25) is 4.90 Å². The molecule has 98 valence electrons. The monoisotopic (exact) mass is 241 g/mol. The van der Waals surface area contributed by atoms with Gasteiger partial charge in [-0.1, -0.05) is 19.3 Å². The van der Waals surface area contributed by atoms with Gasteiger partial charge in [0.2, 0.25) is 0 Å². The Bertz CT molecular complexity index is 277. The van der Waals surface area contributed by atoms with Gasteiger partial charge in [-0.25, -0.2) is 4.79 Å². The molecule has 17 heavy (non-hydrogen) atoms. The highest BCUT2D eigenvalue weighted by Crippen LogP contribution is 2.31. The third kappa shape index (κ3) is 3.45. The van der Waals surface area contributed by atoms with Crippen LogP contribution in [0.15, 0.2) is 0 Å². The third-order valence-electron chi connectivity index (χ3n) is 3.50. The molecular weight excluding hydrogens is 218 g/mol. The number of carbonyl (C=O) groups is 2. The molecule has 0 aliphatic heterocycles. The molecule has 0 saturated heterocycles. The fraction of sp³-hybridized carbons (Fsp3) is 0.846. The Labute approximate surface area is 103 Å². The lowest BCUT2D eigenvalue weighted by molar-refractivity contribution is -0.116. The van der Waals surface area contributed by atoms with Crippen LogP contribution in [0.5, 0.6) is 0 Å². The van der Waals surface area contributed by atoms with E-state index in [4.69, 9.17) is 0 Å². The number of rotatable bonds is 3. The molecular formula is C13H23NO3. The van der Waals surface area contributed by atoms with E-state index in [0.29, 0.717) is 0 Å². The van der Waals surface area contributed by atoms with Gasteiger partial charge in [0.25, 0.3) is 0 Å². The Morgan fingerprint density at radius 2 is 1.82 bits per heavy atom. The van der Waals surface area contributed by atoms with Crippen molar-refractivity contribution in [3.63, 3.8) is 0 Å². The Hall–Kier alpha value is -1.06. The summed E-state index contributed by atoms with van der Waals surface area (Å²) in [5, 5.41) is 9.31. The van der Waals surface area contributed by atoms with Crippen molar-refractivity contribution >= 4 is 12.4 Å². The van der Waals surface area contributed by atoms with Gasteiger partial charge < -0.3 is 9.90 Å². The van der Waals surface area contributed by atoms with Gasteiger partial charge in [-0.2, -0.15) is 0 Å². The first-order valence-corrected chi connectivity index (χ1v) is 6.35. The molecule has 1 saturated carbocycles. The van der Waals surface area contributed by atoms with Gasteiger partial charge in [-0.15, -0.1) is 0 Å². The molecule has 0 spiro atoms. The highest BCUT2D eigenvalue weighted by atomic mass is 16.4. The lowest BCUT2D eigenvalue weighted by Gasteiger charge is -2.41. The highest BCUT2D eigenvalue weighted by molar-refractivity contribution is 5.73. The van der Waals surface area contributed by atoms with Crippen LogP contribution in [0.1, 0.15) is 52.9 Å². The van der Waals surface area contributed by atoms with Crippen LogP contribution in [0.4, 0.5) is 4.79 Å². The molecule has 1 N–H and O–H groups in total. The zero-order chi connectivity index (χ0) is 13.1. The molecule has 1 aliphatic rings. The minimum Gasteiger partial charge on any atom is -0.465 e. The van der Waals surface area contributed by atoms with Crippen molar-refractivity contribution in [1.29, 1.82) is 0 Å². The van der Waals surface area contributed by atoms with Crippen molar-refractivity contribution in [2.24, 2.45) is 5.92 Å². The molecule has 0 aromatic rings. The first-order chi connectivity index (χ1) is 7.88. The Morgan fingerprint density at radius 3 is 2.18 bits per heavy atom. The van der Waals surface area contributed by atoms with E-state index in [-0.39, 0.29) is 5.92 Å². The van der Waals surface area contributed by atoms with Crippen LogP contribution in [0.3, 0.4) is 0 Å². The summed E-state index contributed by atoms with van der Waals surface area (Å²) in [6, 6.07) is -0.493. The van der Waals surface area contributed by atoms with E-state index in [1.807, 2.05) is 20.8 Å². The van der Waals surface area contributed by atoms with E-state index >= 15 is 0 Å². The first kappa shape index (κ1) is 14.0. The van der Waals surface area contributed by atoms with Gasteiger partial charge in [0, 0.05) is 5.54 Å². The maximum atomic E-state index is 11.4. The molecule has 1 atom stereocenters. The van der Waals surface area contributed by atoms with Crippen LogP contribution in [0.25, 0.3) is 0 Å². The molecule has 4 heteroatoms. The molecule has 0 heterocycles. The van der Waals surface area contributed by atoms with Gasteiger partial charge in [0.15, 0.2) is 0 Å². The Balaban J connectivity index is 2.88. The SMILES string of the molecule is CC(C)(C)N(C(=O)O)[C@H](C=O)C1CCCCC1. The summed E-state index contributed by atoms with van der Waals surface area (Å²) in [6.07, 6.45) is 5.14. The van der Waals surface area contributed by atoms with Crippen LogP contribution in [-0.2, 0) is 4.79 Å². The molecule has 0 radical (unpaired) electrons. The predicted molar refractivity (Wildman–Crippen MR) is 66.0 cm³/mol. The van der Waals surface area contributed by atoms with Gasteiger partial charge in [0.1, 0.15) is 6.29 Å². The standard InChI is InChI=1S/C13H23NO3/c1-13(2,3)14(12(16)17)11(9-15)10-7-5-4-6-8-10/h9-11H,4-8H2,1-3H3,(H,16,17)/t11-/m1/s1. The molecule has 1 amide bonds. The van der Waals surface area contributed by atoms with Crippen molar-refractivity contribution < 1.29 is 14.7 Å². The number of carbonyl (C=O) groups excluding carboxylic acids is 1. The minimum atomic E-state index is -1.000. The molecule has 1 fully saturated rings. The number of hydrogen-bond donors (Lipinski definition) is 1. The normalized spacial score (nSPS) is 19.7. The average molecular weight is 241 g/mol. The molecule has 0 unspecified atom stereocenters. The zero-order valence-corrected chi connectivity index (χ0v) is 11.0. The van der Waals surface area contributed by atoms with E-state index in [0.717, 1.165) is 32.0 Å².